The number of aliphatic hydroxyl groups excluding tert-OH is 1. The number of nitrogens with two attached hydrogens (primary N) is 1. The fraction of sp³-hybridized carbons (Fsp3) is 0.500. The van der Waals surface area contributed by atoms with E-state index in [1.807, 2.05) is 0 Å². The van der Waals surface area contributed by atoms with Gasteiger partial charge >= 0.3 is 0 Å². The number of morpholine rings is 1. The van der Waals surface area contributed by atoms with E-state index in [1.54, 1.807) is 0 Å². The summed E-state index contributed by atoms with van der Waals surface area (Å²) in [7, 11) is -3.60. The van der Waals surface area contributed by atoms with Gasteiger partial charge in [0.05, 0.1) is 19.3 Å². The zero-order valence-corrected chi connectivity index (χ0v) is 10.5. The summed E-state index contributed by atoms with van der Waals surface area (Å²) in [6.45, 7) is 0.477. The Morgan fingerprint density at radius 3 is 2.94 bits per heavy atom. The molecule has 100 valence electrons. The van der Waals surface area contributed by atoms with Crippen LogP contribution in [0.15, 0.2) is 23.2 Å². The maximum atomic E-state index is 12.3. The molecule has 1 unspecified atom stereocenters. The molecule has 1 saturated heterocycles. The van der Waals surface area contributed by atoms with Crippen molar-refractivity contribution >= 4 is 15.8 Å². The number of anilines is 1. The molecule has 1 atom stereocenters. The second-order valence-electron chi connectivity index (χ2n) is 3.96. The van der Waals surface area contributed by atoms with E-state index in [-0.39, 0.29) is 37.0 Å². The van der Waals surface area contributed by atoms with Crippen molar-refractivity contribution < 1.29 is 18.3 Å². The first-order chi connectivity index (χ1) is 8.54. The quantitative estimate of drug-likeness (QED) is 0.735. The minimum Gasteiger partial charge on any atom is -0.394 e. The largest absolute Gasteiger partial charge is 0.394 e. The minimum atomic E-state index is -3.60. The van der Waals surface area contributed by atoms with Crippen LogP contribution >= 0.6 is 0 Å². The molecule has 1 aromatic heterocycles. The number of ether oxygens (including phenoxy) is 1. The summed E-state index contributed by atoms with van der Waals surface area (Å²) in [5, 5.41) is 9.01. The van der Waals surface area contributed by atoms with Crippen molar-refractivity contribution in [3.8, 4) is 0 Å². The van der Waals surface area contributed by atoms with Gasteiger partial charge in [0, 0.05) is 19.3 Å². The van der Waals surface area contributed by atoms with Crippen molar-refractivity contribution in [2.75, 3.05) is 32.0 Å². The van der Waals surface area contributed by atoms with Crippen LogP contribution in [0.3, 0.4) is 0 Å². The summed E-state index contributed by atoms with van der Waals surface area (Å²) in [6.07, 6.45) is 0.754. The number of aliphatic hydroxyl groups is 1. The lowest BCUT2D eigenvalue weighted by molar-refractivity contribution is -0.0304. The van der Waals surface area contributed by atoms with Crippen molar-refractivity contribution in [3.05, 3.63) is 18.3 Å². The van der Waals surface area contributed by atoms with Gasteiger partial charge in [0.1, 0.15) is 10.7 Å². The van der Waals surface area contributed by atoms with Crippen LogP contribution in [-0.4, -0.2) is 55.2 Å². The molecule has 0 bridgehead atoms. The van der Waals surface area contributed by atoms with Crippen LogP contribution in [0.4, 0.5) is 5.82 Å². The molecule has 1 fully saturated rings. The predicted octanol–water partition coefficient (Wildman–Crippen LogP) is -0.954. The molecule has 0 saturated carbocycles. The average Bonchev–Trinajstić information content (AvgIpc) is 2.39. The third kappa shape index (κ3) is 2.61. The highest BCUT2D eigenvalue weighted by molar-refractivity contribution is 7.89. The number of rotatable bonds is 3. The van der Waals surface area contributed by atoms with Gasteiger partial charge in [-0.1, -0.05) is 0 Å². The summed E-state index contributed by atoms with van der Waals surface area (Å²) in [4.78, 5) is 3.86. The molecular weight excluding hydrogens is 258 g/mol. The topological polar surface area (TPSA) is 106 Å². The molecule has 2 heterocycles. The molecule has 0 aromatic carbocycles. The van der Waals surface area contributed by atoms with Crippen molar-refractivity contribution in [1.29, 1.82) is 0 Å². The fourth-order valence-corrected chi connectivity index (χ4v) is 3.12. The number of hydrogen-bond acceptors (Lipinski definition) is 6. The first kappa shape index (κ1) is 13.2. The van der Waals surface area contributed by atoms with E-state index in [2.05, 4.69) is 4.98 Å². The second kappa shape index (κ2) is 5.19. The Balaban J connectivity index is 2.22. The number of nitrogens with zero attached hydrogens (tertiary/aromatic N) is 2. The first-order valence-electron chi connectivity index (χ1n) is 5.48. The van der Waals surface area contributed by atoms with Gasteiger partial charge in [-0.2, -0.15) is 4.31 Å². The van der Waals surface area contributed by atoms with Crippen molar-refractivity contribution in [1.82, 2.24) is 9.29 Å². The fourth-order valence-electron chi connectivity index (χ4n) is 1.71. The molecule has 18 heavy (non-hydrogen) atoms. The monoisotopic (exact) mass is 273 g/mol. The summed E-state index contributed by atoms with van der Waals surface area (Å²) in [6, 6.07) is 2.86. The summed E-state index contributed by atoms with van der Waals surface area (Å²) >= 11 is 0. The highest BCUT2D eigenvalue weighted by atomic mass is 32.2. The first-order valence-corrected chi connectivity index (χ1v) is 6.92. The van der Waals surface area contributed by atoms with Gasteiger partial charge in [-0.3, -0.25) is 0 Å². The predicted molar refractivity (Wildman–Crippen MR) is 64.2 cm³/mol. The van der Waals surface area contributed by atoms with E-state index in [4.69, 9.17) is 15.6 Å². The standard InChI is InChI=1S/C10H15N3O4S/c11-10-2-1-9(5-12-10)18(15,16)13-3-4-17-8(6-13)7-14/h1-2,5,8,14H,3-4,6-7H2,(H2,11,12). The molecule has 3 N–H and O–H groups in total. The third-order valence-corrected chi connectivity index (χ3v) is 4.55. The summed E-state index contributed by atoms with van der Waals surface area (Å²) in [5.74, 6) is 0.268. The molecular formula is C10H15N3O4S. The number of hydrogen-bond donors (Lipinski definition) is 2. The van der Waals surface area contributed by atoms with Gasteiger partial charge in [0.2, 0.25) is 10.0 Å². The lowest BCUT2D eigenvalue weighted by atomic mass is 10.3. The van der Waals surface area contributed by atoms with Crippen LogP contribution in [-0.2, 0) is 14.8 Å². The van der Waals surface area contributed by atoms with Crippen LogP contribution in [0.25, 0.3) is 0 Å². The number of nitrogen functional groups attached to an aromatic ring is 1. The van der Waals surface area contributed by atoms with Crippen LogP contribution in [0.2, 0.25) is 0 Å². The highest BCUT2D eigenvalue weighted by Gasteiger charge is 2.30. The van der Waals surface area contributed by atoms with E-state index < -0.39 is 16.1 Å². The molecule has 1 aliphatic rings. The molecule has 1 aromatic rings. The number of aromatic nitrogens is 1. The van der Waals surface area contributed by atoms with Crippen LogP contribution < -0.4 is 5.73 Å². The van der Waals surface area contributed by atoms with E-state index in [0.29, 0.717) is 0 Å². The highest BCUT2D eigenvalue weighted by Crippen LogP contribution is 2.18. The molecule has 0 amide bonds. The maximum Gasteiger partial charge on any atom is 0.244 e. The van der Waals surface area contributed by atoms with Crippen LogP contribution in [0.5, 0.6) is 0 Å². The van der Waals surface area contributed by atoms with E-state index in [0.717, 1.165) is 0 Å². The van der Waals surface area contributed by atoms with Crippen LogP contribution in [0, 0.1) is 0 Å². The number of sulfonamides is 1. The second-order valence-corrected chi connectivity index (χ2v) is 5.90. The summed E-state index contributed by atoms with van der Waals surface area (Å²) < 4.78 is 31.0. The molecule has 2 rings (SSSR count). The Labute approximate surface area is 105 Å². The molecule has 0 aliphatic carbocycles. The Morgan fingerprint density at radius 2 is 2.33 bits per heavy atom. The average molecular weight is 273 g/mol. The molecule has 0 spiro atoms. The minimum absolute atomic E-state index is 0.0929. The van der Waals surface area contributed by atoms with Crippen molar-refractivity contribution in [2.24, 2.45) is 0 Å². The zero-order valence-electron chi connectivity index (χ0n) is 9.69. The van der Waals surface area contributed by atoms with E-state index >= 15 is 0 Å². The molecule has 0 radical (unpaired) electrons. The lowest BCUT2D eigenvalue weighted by Crippen LogP contribution is -2.46. The van der Waals surface area contributed by atoms with E-state index in [1.165, 1.54) is 22.6 Å². The smallest absolute Gasteiger partial charge is 0.244 e. The van der Waals surface area contributed by atoms with Gasteiger partial charge in [-0.25, -0.2) is 13.4 Å². The normalized spacial score (nSPS) is 21.9. The Morgan fingerprint density at radius 1 is 1.56 bits per heavy atom. The molecule has 7 nitrogen and oxygen atoms in total. The Hall–Kier alpha value is -1.22. The SMILES string of the molecule is Nc1ccc(S(=O)(=O)N2CCOC(CO)C2)cn1. The summed E-state index contributed by atoms with van der Waals surface area (Å²) in [5.41, 5.74) is 5.42. The zero-order chi connectivity index (χ0) is 13.2. The maximum absolute atomic E-state index is 12.3. The lowest BCUT2D eigenvalue weighted by Gasteiger charge is -2.31. The molecule has 1 aliphatic heterocycles. The van der Waals surface area contributed by atoms with Gasteiger partial charge in [-0.05, 0) is 12.1 Å². The Kier molecular flexibility index (Phi) is 3.81. The van der Waals surface area contributed by atoms with Gasteiger partial charge in [0.15, 0.2) is 0 Å². The Bertz CT molecular complexity index is 502. The van der Waals surface area contributed by atoms with Gasteiger partial charge in [-0.15, -0.1) is 0 Å². The van der Waals surface area contributed by atoms with Gasteiger partial charge in [0.25, 0.3) is 0 Å². The van der Waals surface area contributed by atoms with Crippen LogP contribution in [0.1, 0.15) is 0 Å². The van der Waals surface area contributed by atoms with Gasteiger partial charge < -0.3 is 15.6 Å². The van der Waals surface area contributed by atoms with Crippen molar-refractivity contribution in [2.45, 2.75) is 11.0 Å². The third-order valence-electron chi connectivity index (χ3n) is 2.70. The van der Waals surface area contributed by atoms with Crippen molar-refractivity contribution in [3.63, 3.8) is 0 Å². The number of pyridine rings is 1. The van der Waals surface area contributed by atoms with E-state index in [9.17, 15) is 8.42 Å². The molecule has 8 heteroatoms.